The van der Waals surface area contributed by atoms with E-state index in [2.05, 4.69) is 339 Å². The van der Waals surface area contributed by atoms with E-state index in [0.29, 0.717) is 71.0 Å². The summed E-state index contributed by atoms with van der Waals surface area (Å²) in [5.74, 6) is 7.53. The summed E-state index contributed by atoms with van der Waals surface area (Å²) in [6, 6.07) is 55.0. The molecule has 0 atom stereocenters. The van der Waals surface area contributed by atoms with E-state index in [1.165, 1.54) is 94.6 Å². The van der Waals surface area contributed by atoms with Gasteiger partial charge in [-0.05, 0) is 181 Å². The third kappa shape index (κ3) is 22.7. The van der Waals surface area contributed by atoms with Gasteiger partial charge in [0, 0.05) is 0 Å². The Balaban J connectivity index is 0.000000338. The first-order chi connectivity index (χ1) is 38.0. The molecule has 7 aromatic carbocycles. The fourth-order valence-electron chi connectivity index (χ4n) is 11.4. The molecule has 0 nitrogen and oxygen atoms in total. The van der Waals surface area contributed by atoms with E-state index in [1.807, 2.05) is 0 Å². The van der Waals surface area contributed by atoms with Gasteiger partial charge in [0.15, 0.2) is 0 Å². The van der Waals surface area contributed by atoms with Crippen molar-refractivity contribution in [2.45, 2.75) is 258 Å². The summed E-state index contributed by atoms with van der Waals surface area (Å²) >= 11 is 0. The fraction of sp³-hybridized carbons (Fsp3) is 0.481. The molecule has 0 amide bonds. The maximum absolute atomic E-state index is 2.31. The molecule has 0 aromatic heterocycles. The molecule has 0 aliphatic heterocycles. The zero-order valence-corrected chi connectivity index (χ0v) is 56.9. The average molecular weight is 1090 g/mol. The Kier molecular flexibility index (Phi) is 31.4. The van der Waals surface area contributed by atoms with Crippen LogP contribution in [0.15, 0.2) is 152 Å². The van der Waals surface area contributed by atoms with Crippen molar-refractivity contribution in [1.82, 2.24) is 0 Å². The van der Waals surface area contributed by atoms with Crippen molar-refractivity contribution in [1.29, 1.82) is 0 Å². The Morgan fingerprint density at radius 2 is 0.370 bits per heavy atom. The van der Waals surface area contributed by atoms with E-state index in [1.54, 1.807) is 0 Å². The SMILES string of the molecule is CC(C)c1ccccc1C(C)C.CC(C)c1ccccc1C(C)C.CC(C)c1ccccc1C(C)C.CC(C)c1ccccc1C(C)C.CC(C)c1ccccc1C(C)C.Cc1cc(C)c(-c2cccc(C(C)C)c2C(C)C)c(C)c1. The van der Waals surface area contributed by atoms with Gasteiger partial charge in [-0.25, -0.2) is 0 Å². The molecular formula is C81H118. The van der Waals surface area contributed by atoms with Gasteiger partial charge in [0.1, 0.15) is 0 Å². The molecule has 81 heavy (non-hydrogen) atoms. The third-order valence-electron chi connectivity index (χ3n) is 15.5. The average Bonchev–Trinajstić information content (AvgIpc) is 3.42. The van der Waals surface area contributed by atoms with Crippen LogP contribution in [0.5, 0.6) is 0 Å². The summed E-state index contributed by atoms with van der Waals surface area (Å²) in [4.78, 5) is 0. The third-order valence-corrected chi connectivity index (χ3v) is 15.5. The van der Waals surface area contributed by atoms with Gasteiger partial charge < -0.3 is 0 Å². The number of hydrogen-bond acceptors (Lipinski definition) is 0. The van der Waals surface area contributed by atoms with E-state index in [-0.39, 0.29) is 0 Å². The summed E-state index contributed by atoms with van der Waals surface area (Å²) in [6.07, 6.45) is 0. The van der Waals surface area contributed by atoms with Crippen molar-refractivity contribution < 1.29 is 0 Å². The maximum Gasteiger partial charge on any atom is -0.0122 e. The van der Waals surface area contributed by atoms with Crippen LogP contribution in [0.25, 0.3) is 11.1 Å². The predicted molar refractivity (Wildman–Crippen MR) is 367 cm³/mol. The summed E-state index contributed by atoms with van der Waals surface area (Å²) in [7, 11) is 0. The molecule has 0 saturated heterocycles. The molecule has 0 spiro atoms. The van der Waals surface area contributed by atoms with Crippen LogP contribution in [0, 0.1) is 20.8 Å². The molecule has 7 rings (SSSR count). The van der Waals surface area contributed by atoms with E-state index in [4.69, 9.17) is 0 Å². The van der Waals surface area contributed by atoms with Crippen molar-refractivity contribution >= 4 is 0 Å². The van der Waals surface area contributed by atoms with Crippen LogP contribution in [0.1, 0.15) is 321 Å². The predicted octanol–water partition coefficient (Wildman–Crippen LogP) is 26.2. The standard InChI is InChI=1S/C21H28.5C12H18/c1-13(2)18-9-8-10-19(20(18)14(3)4)21-16(6)11-15(5)12-17(21)7;5*1-9(2)11-7-5-6-8-12(11)10(3)4/h8-14H,1-7H3;5*5-10H,1-4H3. The quantitative estimate of drug-likeness (QED) is 0.108. The highest BCUT2D eigenvalue weighted by Gasteiger charge is 2.19. The van der Waals surface area contributed by atoms with E-state index in [9.17, 15) is 0 Å². The molecule has 0 heterocycles. The minimum absolute atomic E-state index is 0.540. The Labute approximate surface area is 501 Å². The topological polar surface area (TPSA) is 0 Å². The van der Waals surface area contributed by atoms with E-state index < -0.39 is 0 Å². The molecule has 0 fully saturated rings. The van der Waals surface area contributed by atoms with Crippen molar-refractivity contribution in [2.75, 3.05) is 0 Å². The number of hydrogen-bond donors (Lipinski definition) is 0. The molecule has 0 aliphatic carbocycles. The first-order valence-electron chi connectivity index (χ1n) is 31.6. The zero-order chi connectivity index (χ0) is 61.4. The van der Waals surface area contributed by atoms with Gasteiger partial charge in [-0.1, -0.05) is 323 Å². The Morgan fingerprint density at radius 3 is 0.531 bits per heavy atom. The number of aryl methyl sites for hydroxylation is 3. The molecular weight excluding hydrogens is 973 g/mol. The van der Waals surface area contributed by atoms with Gasteiger partial charge in [0.25, 0.3) is 0 Å². The molecule has 0 N–H and O–H groups in total. The van der Waals surface area contributed by atoms with Crippen LogP contribution < -0.4 is 0 Å². The summed E-state index contributed by atoms with van der Waals surface area (Å²) in [5.41, 5.74) is 24.9. The van der Waals surface area contributed by atoms with Crippen LogP contribution in [0.3, 0.4) is 0 Å². The van der Waals surface area contributed by atoms with Crippen molar-refractivity contribution in [3.8, 4) is 11.1 Å². The molecule has 0 bridgehead atoms. The van der Waals surface area contributed by atoms with E-state index in [0.717, 1.165) is 0 Å². The van der Waals surface area contributed by atoms with Crippen molar-refractivity contribution in [3.05, 3.63) is 235 Å². The first kappa shape index (κ1) is 71.6. The zero-order valence-electron chi connectivity index (χ0n) is 56.9. The van der Waals surface area contributed by atoms with Gasteiger partial charge in [-0.15, -0.1) is 0 Å². The van der Waals surface area contributed by atoms with Gasteiger partial charge in [0.05, 0.1) is 0 Å². The largest absolute Gasteiger partial charge is 0.0620 e. The van der Waals surface area contributed by atoms with Gasteiger partial charge in [-0.3, -0.25) is 0 Å². The second kappa shape index (κ2) is 35.5. The number of benzene rings is 7. The van der Waals surface area contributed by atoms with E-state index >= 15 is 0 Å². The lowest BCUT2D eigenvalue weighted by atomic mass is 9.82. The number of rotatable bonds is 13. The second-order valence-corrected chi connectivity index (χ2v) is 26.6. The lowest BCUT2D eigenvalue weighted by Crippen LogP contribution is -2.03. The fourth-order valence-corrected chi connectivity index (χ4v) is 11.4. The van der Waals surface area contributed by atoms with Crippen LogP contribution in [0.4, 0.5) is 0 Å². The molecule has 0 heteroatoms. The Hall–Kier alpha value is -5.46. The smallest absolute Gasteiger partial charge is 0.0122 e. The van der Waals surface area contributed by atoms with Crippen molar-refractivity contribution in [2.24, 2.45) is 0 Å². The normalized spacial score (nSPS) is 11.2. The molecule has 0 radical (unpaired) electrons. The maximum atomic E-state index is 2.31. The monoisotopic (exact) mass is 1090 g/mol. The minimum Gasteiger partial charge on any atom is -0.0620 e. The highest BCUT2D eigenvalue weighted by atomic mass is 14.2. The lowest BCUT2D eigenvalue weighted by molar-refractivity contribution is 0.790. The second-order valence-electron chi connectivity index (χ2n) is 26.6. The van der Waals surface area contributed by atoms with Crippen LogP contribution in [0.2, 0.25) is 0 Å². The highest BCUT2D eigenvalue weighted by Crippen LogP contribution is 2.39. The summed E-state index contributed by atoms with van der Waals surface area (Å²) in [5, 5.41) is 0. The van der Waals surface area contributed by atoms with Crippen LogP contribution in [-0.2, 0) is 0 Å². The lowest BCUT2D eigenvalue weighted by Gasteiger charge is -2.23. The van der Waals surface area contributed by atoms with Crippen molar-refractivity contribution in [3.63, 3.8) is 0 Å². The molecule has 0 unspecified atom stereocenters. The van der Waals surface area contributed by atoms with Crippen LogP contribution >= 0.6 is 0 Å². The minimum atomic E-state index is 0.540. The summed E-state index contributed by atoms with van der Waals surface area (Å²) < 4.78 is 0. The van der Waals surface area contributed by atoms with Gasteiger partial charge in [-0.2, -0.15) is 0 Å². The molecule has 0 aliphatic rings. The first-order valence-corrected chi connectivity index (χ1v) is 31.6. The Morgan fingerprint density at radius 1 is 0.198 bits per heavy atom. The highest BCUT2D eigenvalue weighted by molar-refractivity contribution is 5.76. The Bertz CT molecular complexity index is 2390. The van der Waals surface area contributed by atoms with Gasteiger partial charge >= 0.3 is 0 Å². The van der Waals surface area contributed by atoms with Gasteiger partial charge in [0.2, 0.25) is 0 Å². The molecule has 7 aromatic rings. The van der Waals surface area contributed by atoms with Crippen LogP contribution in [-0.4, -0.2) is 0 Å². The molecule has 0 saturated carbocycles. The molecule has 442 valence electrons. The summed E-state index contributed by atoms with van der Waals surface area (Å²) in [6.45, 7) is 60.9.